The third-order valence-corrected chi connectivity index (χ3v) is 7.21. The van der Waals surface area contributed by atoms with E-state index in [1.54, 1.807) is 6.92 Å². The van der Waals surface area contributed by atoms with Gasteiger partial charge in [0, 0.05) is 17.7 Å². The van der Waals surface area contributed by atoms with Gasteiger partial charge in [-0.2, -0.15) is 0 Å². The van der Waals surface area contributed by atoms with Crippen LogP contribution in [0.25, 0.3) is 0 Å². The van der Waals surface area contributed by atoms with Gasteiger partial charge >= 0.3 is 5.97 Å². The smallest absolute Gasteiger partial charge is 0.341 e. The van der Waals surface area contributed by atoms with E-state index in [0.29, 0.717) is 16.3 Å². The number of aryl methyl sites for hydroxylation is 1. The number of nitrogens with one attached hydrogen (secondary N) is 1. The molecule has 10 heteroatoms. The second kappa shape index (κ2) is 10.2. The van der Waals surface area contributed by atoms with E-state index in [1.165, 1.54) is 30.2 Å². The molecule has 29 heavy (non-hydrogen) atoms. The second-order valence-corrected chi connectivity index (χ2v) is 9.09. The molecule has 1 aromatic rings. The molecule has 3 rings (SSSR count). The highest BCUT2D eigenvalue weighted by molar-refractivity contribution is 8.00. The Balaban J connectivity index is 1.58. The average Bonchev–Trinajstić information content (AvgIpc) is 3.19. The maximum Gasteiger partial charge on any atom is 0.341 e. The molecule has 1 aliphatic heterocycles. The Labute approximate surface area is 177 Å². The van der Waals surface area contributed by atoms with Crippen molar-refractivity contribution in [1.29, 1.82) is 0 Å². The van der Waals surface area contributed by atoms with Crippen LogP contribution < -0.4 is 5.32 Å². The highest BCUT2D eigenvalue weighted by Crippen LogP contribution is 2.38. The fourth-order valence-electron chi connectivity index (χ4n) is 3.55. The zero-order chi connectivity index (χ0) is 21.0. The molecule has 0 aromatic carbocycles. The molecule has 3 N–H and O–H groups in total. The first-order valence-corrected chi connectivity index (χ1v) is 11.7. The van der Waals surface area contributed by atoms with Crippen molar-refractivity contribution in [3.05, 3.63) is 16.0 Å². The third-order valence-electron chi connectivity index (χ3n) is 4.97. The molecule has 0 bridgehead atoms. The number of amides is 1. The number of methoxy groups -OCH3 is 1. The van der Waals surface area contributed by atoms with Crippen molar-refractivity contribution in [2.45, 2.75) is 57.2 Å². The van der Waals surface area contributed by atoms with E-state index in [4.69, 9.17) is 14.2 Å². The molecular formula is C19H27NO7S2. The number of esters is 1. The average molecular weight is 446 g/mol. The summed E-state index contributed by atoms with van der Waals surface area (Å²) >= 11 is 2.73. The molecular weight excluding hydrogens is 418 g/mol. The topological polar surface area (TPSA) is 114 Å². The van der Waals surface area contributed by atoms with Crippen LogP contribution in [0.1, 0.15) is 40.6 Å². The molecule has 1 amide bonds. The SMILES string of the molecule is CCOC(=O)c1c(NC(=O)CSC[C@H]2O[C@H](OC)[C@@H](O)[C@@H]2O)sc2c1CCCC2. The number of thiophene rings is 1. The highest BCUT2D eigenvalue weighted by atomic mass is 32.2. The first kappa shape index (κ1) is 22.5. The van der Waals surface area contributed by atoms with Crippen molar-refractivity contribution in [3.8, 4) is 0 Å². The highest BCUT2D eigenvalue weighted by Gasteiger charge is 2.42. The molecule has 2 aliphatic rings. The second-order valence-electron chi connectivity index (χ2n) is 6.96. The van der Waals surface area contributed by atoms with Gasteiger partial charge in [-0.3, -0.25) is 4.79 Å². The maximum atomic E-state index is 12.4. The Morgan fingerprint density at radius 2 is 2.03 bits per heavy atom. The number of hydrogen-bond acceptors (Lipinski definition) is 9. The summed E-state index contributed by atoms with van der Waals surface area (Å²) in [5.74, 6) is -0.171. The molecule has 0 radical (unpaired) electrons. The van der Waals surface area contributed by atoms with Gasteiger partial charge in [0.2, 0.25) is 5.91 Å². The number of carbonyl (C=O) groups is 2. The van der Waals surface area contributed by atoms with Gasteiger partial charge in [-0.1, -0.05) is 0 Å². The van der Waals surface area contributed by atoms with Crippen LogP contribution in [0.4, 0.5) is 5.00 Å². The molecule has 0 spiro atoms. The third kappa shape index (κ3) is 5.12. The maximum absolute atomic E-state index is 12.4. The normalized spacial score (nSPS) is 26.2. The summed E-state index contributed by atoms with van der Waals surface area (Å²) in [5.41, 5.74) is 1.50. The zero-order valence-corrected chi connectivity index (χ0v) is 18.1. The minimum atomic E-state index is -1.11. The number of rotatable bonds is 8. The van der Waals surface area contributed by atoms with Crippen LogP contribution in [0.2, 0.25) is 0 Å². The Bertz CT molecular complexity index is 738. The van der Waals surface area contributed by atoms with Crippen LogP contribution in [0.5, 0.6) is 0 Å². The molecule has 0 unspecified atom stereocenters. The van der Waals surface area contributed by atoms with Crippen LogP contribution in [0, 0.1) is 0 Å². The van der Waals surface area contributed by atoms with Gasteiger partial charge in [-0.05, 0) is 38.2 Å². The largest absolute Gasteiger partial charge is 0.462 e. The lowest BCUT2D eigenvalue weighted by Gasteiger charge is -2.13. The Kier molecular flexibility index (Phi) is 7.94. The summed E-state index contributed by atoms with van der Waals surface area (Å²) in [7, 11) is 1.39. The quantitative estimate of drug-likeness (QED) is 0.517. The molecule has 162 valence electrons. The van der Waals surface area contributed by atoms with Gasteiger partial charge in [0.15, 0.2) is 6.29 Å². The lowest BCUT2D eigenvalue weighted by Crippen LogP contribution is -2.34. The number of thioether (sulfide) groups is 1. The number of fused-ring (bicyclic) bond motifs is 1. The van der Waals surface area contributed by atoms with Gasteiger partial charge < -0.3 is 29.7 Å². The van der Waals surface area contributed by atoms with Crippen molar-refractivity contribution >= 4 is 40.0 Å². The van der Waals surface area contributed by atoms with E-state index in [9.17, 15) is 19.8 Å². The number of ether oxygens (including phenoxy) is 3. The Morgan fingerprint density at radius 3 is 2.72 bits per heavy atom. The molecule has 8 nitrogen and oxygen atoms in total. The van der Waals surface area contributed by atoms with E-state index < -0.39 is 30.6 Å². The Morgan fingerprint density at radius 1 is 1.28 bits per heavy atom. The predicted octanol–water partition coefficient (Wildman–Crippen LogP) is 1.57. The predicted molar refractivity (Wildman–Crippen MR) is 111 cm³/mol. The van der Waals surface area contributed by atoms with Gasteiger partial charge in [-0.15, -0.1) is 23.1 Å². The van der Waals surface area contributed by atoms with E-state index in [-0.39, 0.29) is 18.3 Å². The number of carbonyl (C=O) groups excluding carboxylic acids is 2. The fraction of sp³-hybridized carbons (Fsp3) is 0.684. The lowest BCUT2D eigenvalue weighted by molar-refractivity contribution is -0.145. The van der Waals surface area contributed by atoms with Crippen molar-refractivity contribution in [2.24, 2.45) is 0 Å². The van der Waals surface area contributed by atoms with Gasteiger partial charge in [-0.25, -0.2) is 4.79 Å². The number of aliphatic hydroxyl groups excluding tert-OH is 2. The molecule has 1 fully saturated rings. The number of hydrogen-bond donors (Lipinski definition) is 3. The minimum absolute atomic E-state index is 0.130. The monoisotopic (exact) mass is 445 g/mol. The summed E-state index contributed by atoms with van der Waals surface area (Å²) in [6.45, 7) is 2.04. The lowest BCUT2D eigenvalue weighted by atomic mass is 9.95. The van der Waals surface area contributed by atoms with Gasteiger partial charge in [0.25, 0.3) is 0 Å². The Hall–Kier alpha value is -1.17. The van der Waals surface area contributed by atoms with E-state index in [1.807, 2.05) is 0 Å². The zero-order valence-electron chi connectivity index (χ0n) is 16.5. The van der Waals surface area contributed by atoms with Crippen molar-refractivity contribution < 1.29 is 34.0 Å². The van der Waals surface area contributed by atoms with E-state index >= 15 is 0 Å². The fourth-order valence-corrected chi connectivity index (χ4v) is 5.73. The van der Waals surface area contributed by atoms with Gasteiger partial charge in [0.05, 0.1) is 24.0 Å². The number of aliphatic hydroxyl groups is 2. The van der Waals surface area contributed by atoms with Crippen LogP contribution in [0.15, 0.2) is 0 Å². The summed E-state index contributed by atoms with van der Waals surface area (Å²) < 4.78 is 15.6. The van der Waals surface area contributed by atoms with Crippen molar-refractivity contribution in [3.63, 3.8) is 0 Å². The number of anilines is 1. The summed E-state index contributed by atoms with van der Waals surface area (Å²) in [6.07, 6.45) is 0.195. The standard InChI is InChI=1S/C19H27NO7S2/c1-3-26-18(24)14-10-6-4-5-7-12(10)29-17(14)20-13(21)9-28-8-11-15(22)16(23)19(25-2)27-11/h11,15-16,19,22-23H,3-9H2,1-2H3,(H,20,21)/t11-,15-,16+,19+/m1/s1. The van der Waals surface area contributed by atoms with Crippen LogP contribution in [-0.2, 0) is 31.8 Å². The molecule has 4 atom stereocenters. The summed E-state index contributed by atoms with van der Waals surface area (Å²) in [4.78, 5) is 26.0. The van der Waals surface area contributed by atoms with Crippen LogP contribution in [-0.4, -0.2) is 71.9 Å². The molecule has 1 saturated heterocycles. The van der Waals surface area contributed by atoms with Gasteiger partial charge in [0.1, 0.15) is 17.2 Å². The molecule has 2 heterocycles. The van der Waals surface area contributed by atoms with Crippen LogP contribution >= 0.6 is 23.1 Å². The summed E-state index contributed by atoms with van der Waals surface area (Å²) in [6, 6.07) is 0. The van der Waals surface area contributed by atoms with Crippen molar-refractivity contribution in [1.82, 2.24) is 0 Å². The first-order valence-electron chi connectivity index (χ1n) is 9.69. The molecule has 1 aliphatic carbocycles. The van der Waals surface area contributed by atoms with E-state index in [2.05, 4.69) is 5.32 Å². The van der Waals surface area contributed by atoms with Crippen LogP contribution in [0.3, 0.4) is 0 Å². The minimum Gasteiger partial charge on any atom is -0.462 e. The summed E-state index contributed by atoms with van der Waals surface area (Å²) in [5, 5.41) is 23.2. The van der Waals surface area contributed by atoms with E-state index in [0.717, 1.165) is 36.1 Å². The first-order chi connectivity index (χ1) is 14.0. The van der Waals surface area contributed by atoms with Crippen molar-refractivity contribution in [2.75, 3.05) is 30.5 Å². The molecule has 0 saturated carbocycles. The molecule has 1 aromatic heterocycles.